The molecule has 2 aromatic rings. The lowest BCUT2D eigenvalue weighted by Gasteiger charge is -2.36. The number of hydrogen-bond acceptors (Lipinski definition) is 4. The fraction of sp³-hybridized carbons (Fsp3) is 0.263. The van der Waals surface area contributed by atoms with Gasteiger partial charge in [0, 0.05) is 23.3 Å². The average Bonchev–Trinajstić information content (AvgIpc) is 3.05. The summed E-state index contributed by atoms with van der Waals surface area (Å²) in [7, 11) is 0. The smallest absolute Gasteiger partial charge is 0.335 e. The lowest BCUT2D eigenvalue weighted by molar-refractivity contribution is -0.125. The second-order valence-electron chi connectivity index (χ2n) is 6.68. The molecule has 0 aromatic heterocycles. The van der Waals surface area contributed by atoms with Crippen LogP contribution in [0.4, 0.5) is 0 Å². The summed E-state index contributed by atoms with van der Waals surface area (Å²) in [6, 6.07) is 14.5. The van der Waals surface area contributed by atoms with Gasteiger partial charge < -0.3 is 10.4 Å². The first-order chi connectivity index (χ1) is 12.5. The summed E-state index contributed by atoms with van der Waals surface area (Å²) in [4.78, 5) is 23.3. The van der Waals surface area contributed by atoms with Crippen molar-refractivity contribution in [1.29, 1.82) is 0 Å². The number of nitrogens with one attached hydrogen (secondary N) is 3. The lowest BCUT2D eigenvalue weighted by atomic mass is 9.74. The van der Waals surface area contributed by atoms with Gasteiger partial charge in [0.1, 0.15) is 0 Å². The number of carbonyl (C=O) groups is 2. The molecule has 2 saturated heterocycles. The van der Waals surface area contributed by atoms with Crippen molar-refractivity contribution in [3.05, 3.63) is 70.2 Å². The maximum atomic E-state index is 12.2. The molecule has 2 fully saturated rings. The van der Waals surface area contributed by atoms with Crippen LogP contribution in [0.1, 0.15) is 39.9 Å². The van der Waals surface area contributed by atoms with E-state index in [-0.39, 0.29) is 35.5 Å². The molecule has 4 rings (SSSR count). The molecule has 2 aliphatic heterocycles. The van der Waals surface area contributed by atoms with Gasteiger partial charge in [0.2, 0.25) is 5.91 Å². The Bertz CT molecular complexity index is 838. The van der Waals surface area contributed by atoms with Crippen LogP contribution in [-0.4, -0.2) is 23.1 Å². The van der Waals surface area contributed by atoms with Gasteiger partial charge in [-0.25, -0.2) is 15.6 Å². The maximum Gasteiger partial charge on any atom is 0.335 e. The van der Waals surface area contributed by atoms with Crippen LogP contribution in [0.2, 0.25) is 5.02 Å². The van der Waals surface area contributed by atoms with Gasteiger partial charge in [-0.05, 0) is 35.4 Å². The summed E-state index contributed by atoms with van der Waals surface area (Å²) < 4.78 is 0. The number of aromatic carboxylic acids is 1. The Morgan fingerprint density at radius 2 is 1.65 bits per heavy atom. The van der Waals surface area contributed by atoms with Crippen LogP contribution < -0.4 is 16.2 Å². The Balaban J connectivity index is 1.68. The van der Waals surface area contributed by atoms with Crippen molar-refractivity contribution in [3.63, 3.8) is 0 Å². The second kappa shape index (κ2) is 6.72. The van der Waals surface area contributed by atoms with E-state index in [0.29, 0.717) is 11.4 Å². The standard InChI is InChI=1S/C19H18ClN3O3/c20-13-7-5-11(6-8-13)17-16-14(9-15(24)21-18(16)23-22-17)10-1-3-12(4-2-10)19(25)26/h1-8,14,16-18,22-23H,9H2,(H,21,24)(H,25,26). The summed E-state index contributed by atoms with van der Waals surface area (Å²) in [6.45, 7) is 0. The number of carboxylic acids is 1. The highest BCUT2D eigenvalue weighted by Gasteiger charge is 2.46. The van der Waals surface area contributed by atoms with Crippen molar-refractivity contribution in [3.8, 4) is 0 Å². The lowest BCUT2D eigenvalue weighted by Crippen LogP contribution is -2.52. The minimum Gasteiger partial charge on any atom is -0.478 e. The van der Waals surface area contributed by atoms with E-state index >= 15 is 0 Å². The van der Waals surface area contributed by atoms with Gasteiger partial charge >= 0.3 is 5.97 Å². The predicted molar refractivity (Wildman–Crippen MR) is 96.6 cm³/mol. The number of hydrogen-bond donors (Lipinski definition) is 4. The molecule has 4 unspecified atom stereocenters. The van der Waals surface area contributed by atoms with Crippen LogP contribution in [0.25, 0.3) is 0 Å². The molecular formula is C19H18ClN3O3. The molecular weight excluding hydrogens is 354 g/mol. The number of carboxylic acid groups (broad SMARTS) is 1. The van der Waals surface area contributed by atoms with E-state index in [9.17, 15) is 9.59 Å². The zero-order valence-electron chi connectivity index (χ0n) is 13.8. The zero-order chi connectivity index (χ0) is 18.3. The number of fused-ring (bicyclic) bond motifs is 1. The minimum atomic E-state index is -0.959. The Labute approximate surface area is 155 Å². The van der Waals surface area contributed by atoms with Gasteiger partial charge in [-0.3, -0.25) is 4.79 Å². The van der Waals surface area contributed by atoms with E-state index in [1.54, 1.807) is 24.3 Å². The number of amides is 1. The fourth-order valence-corrected chi connectivity index (χ4v) is 4.04. The van der Waals surface area contributed by atoms with Gasteiger partial charge in [-0.2, -0.15) is 0 Å². The van der Waals surface area contributed by atoms with Gasteiger partial charge in [0.05, 0.1) is 17.8 Å². The Kier molecular flexibility index (Phi) is 4.40. The summed E-state index contributed by atoms with van der Waals surface area (Å²) in [5, 5.41) is 12.8. The molecule has 134 valence electrons. The van der Waals surface area contributed by atoms with Crippen LogP contribution in [0.15, 0.2) is 48.5 Å². The van der Waals surface area contributed by atoms with Crippen molar-refractivity contribution in [2.75, 3.05) is 0 Å². The number of benzene rings is 2. The van der Waals surface area contributed by atoms with Crippen molar-refractivity contribution in [2.45, 2.75) is 24.5 Å². The first kappa shape index (κ1) is 17.0. The van der Waals surface area contributed by atoms with Crippen LogP contribution >= 0.6 is 11.6 Å². The molecule has 2 aromatic carbocycles. The van der Waals surface area contributed by atoms with Crippen LogP contribution in [0.3, 0.4) is 0 Å². The zero-order valence-corrected chi connectivity index (χ0v) is 14.5. The monoisotopic (exact) mass is 371 g/mol. The molecule has 0 bridgehead atoms. The van der Waals surface area contributed by atoms with E-state index in [2.05, 4.69) is 16.2 Å². The van der Waals surface area contributed by atoms with Gasteiger partial charge in [0.25, 0.3) is 0 Å². The topological polar surface area (TPSA) is 90.5 Å². The third kappa shape index (κ3) is 3.07. The van der Waals surface area contributed by atoms with Crippen molar-refractivity contribution >= 4 is 23.5 Å². The molecule has 0 spiro atoms. The molecule has 6 nitrogen and oxygen atoms in total. The molecule has 7 heteroatoms. The van der Waals surface area contributed by atoms with Gasteiger partial charge in [-0.1, -0.05) is 35.9 Å². The van der Waals surface area contributed by atoms with Crippen molar-refractivity contribution in [1.82, 2.24) is 16.2 Å². The highest BCUT2D eigenvalue weighted by molar-refractivity contribution is 6.30. The molecule has 4 atom stereocenters. The largest absolute Gasteiger partial charge is 0.478 e. The van der Waals surface area contributed by atoms with Gasteiger partial charge in [0.15, 0.2) is 0 Å². The van der Waals surface area contributed by atoms with Crippen LogP contribution in [0.5, 0.6) is 0 Å². The number of hydrazine groups is 1. The Morgan fingerprint density at radius 1 is 1.00 bits per heavy atom. The van der Waals surface area contributed by atoms with Gasteiger partial charge in [-0.15, -0.1) is 0 Å². The Morgan fingerprint density at radius 3 is 2.31 bits per heavy atom. The van der Waals surface area contributed by atoms with E-state index in [4.69, 9.17) is 16.7 Å². The molecule has 2 heterocycles. The number of rotatable bonds is 3. The molecule has 4 N–H and O–H groups in total. The van der Waals surface area contributed by atoms with Crippen molar-refractivity contribution < 1.29 is 14.7 Å². The van der Waals surface area contributed by atoms with E-state index in [0.717, 1.165) is 11.1 Å². The number of piperidine rings is 1. The van der Waals surface area contributed by atoms with E-state index in [1.807, 2.05) is 24.3 Å². The second-order valence-corrected chi connectivity index (χ2v) is 7.11. The fourth-order valence-electron chi connectivity index (χ4n) is 3.92. The third-order valence-electron chi connectivity index (χ3n) is 5.17. The molecule has 2 aliphatic rings. The number of halogens is 1. The molecule has 1 amide bonds. The summed E-state index contributed by atoms with van der Waals surface area (Å²) >= 11 is 6.00. The number of carbonyl (C=O) groups excluding carboxylic acids is 1. The van der Waals surface area contributed by atoms with Crippen LogP contribution in [0, 0.1) is 5.92 Å². The molecule has 0 saturated carbocycles. The predicted octanol–water partition coefficient (Wildman–Crippen LogP) is 2.43. The maximum absolute atomic E-state index is 12.2. The highest BCUT2D eigenvalue weighted by Crippen LogP contribution is 2.43. The minimum absolute atomic E-state index is 0.00187. The third-order valence-corrected chi connectivity index (χ3v) is 5.42. The van der Waals surface area contributed by atoms with Crippen LogP contribution in [-0.2, 0) is 4.79 Å². The van der Waals surface area contributed by atoms with E-state index in [1.165, 1.54) is 0 Å². The Hall–Kier alpha value is -2.41. The summed E-state index contributed by atoms with van der Waals surface area (Å²) in [5.74, 6) is -0.923. The summed E-state index contributed by atoms with van der Waals surface area (Å²) in [6.07, 6.45) is 0.169. The quantitative estimate of drug-likeness (QED) is 0.665. The normalized spacial score (nSPS) is 27.7. The SMILES string of the molecule is O=C1CC(c2ccc(C(=O)O)cc2)C2C(NNC2c2ccc(Cl)cc2)N1. The molecule has 26 heavy (non-hydrogen) atoms. The first-order valence-electron chi connectivity index (χ1n) is 8.42. The molecule has 0 aliphatic carbocycles. The van der Waals surface area contributed by atoms with E-state index < -0.39 is 5.97 Å². The first-order valence-corrected chi connectivity index (χ1v) is 8.80. The average molecular weight is 372 g/mol. The highest BCUT2D eigenvalue weighted by atomic mass is 35.5. The molecule has 0 radical (unpaired) electrons. The summed E-state index contributed by atoms with van der Waals surface area (Å²) in [5.41, 5.74) is 8.74. The van der Waals surface area contributed by atoms with Crippen molar-refractivity contribution in [2.24, 2.45) is 5.92 Å².